The van der Waals surface area contributed by atoms with E-state index in [1.54, 1.807) is 14.0 Å². The lowest BCUT2D eigenvalue weighted by Crippen LogP contribution is -2.35. The first-order valence-corrected chi connectivity index (χ1v) is 6.76. The molecule has 0 aliphatic carbocycles. The normalized spacial score (nSPS) is 11.4. The van der Waals surface area contributed by atoms with Gasteiger partial charge in [-0.1, -0.05) is 38.1 Å². The van der Waals surface area contributed by atoms with Crippen LogP contribution in [0.2, 0.25) is 0 Å². The fraction of sp³-hybridized carbons (Fsp3) is 0.353. The summed E-state index contributed by atoms with van der Waals surface area (Å²) in [6, 6.07) is 12.3. The molecule has 3 nitrogen and oxygen atoms in total. The molecule has 3 heteroatoms. The molecule has 1 N–H and O–H groups in total. The van der Waals surface area contributed by atoms with Crippen LogP contribution in [0.15, 0.2) is 36.4 Å². The predicted molar refractivity (Wildman–Crippen MR) is 82.2 cm³/mol. The highest BCUT2D eigenvalue weighted by Gasteiger charge is 2.23. The Morgan fingerprint density at radius 3 is 2.65 bits per heavy atom. The summed E-state index contributed by atoms with van der Waals surface area (Å²) in [5.41, 5.74) is 1.07. The first-order valence-electron chi connectivity index (χ1n) is 6.76. The molecular weight excluding hydrogens is 250 g/mol. The first kappa shape index (κ1) is 14.4. The van der Waals surface area contributed by atoms with E-state index >= 15 is 0 Å². The zero-order valence-corrected chi connectivity index (χ0v) is 12.5. The number of carbonyl (C=O) groups excluding carboxylic acids is 1. The minimum atomic E-state index is -0.141. The quantitative estimate of drug-likeness (QED) is 0.927. The van der Waals surface area contributed by atoms with Crippen molar-refractivity contribution in [3.05, 3.63) is 42.0 Å². The molecule has 106 valence electrons. The fourth-order valence-corrected chi connectivity index (χ4v) is 2.41. The Bertz CT molecular complexity index is 632. The van der Waals surface area contributed by atoms with Crippen molar-refractivity contribution in [2.45, 2.75) is 26.2 Å². The van der Waals surface area contributed by atoms with Crippen molar-refractivity contribution < 1.29 is 9.53 Å². The van der Waals surface area contributed by atoms with Crippen molar-refractivity contribution >= 4 is 16.7 Å². The Hall–Kier alpha value is -2.03. The van der Waals surface area contributed by atoms with Crippen molar-refractivity contribution in [1.29, 1.82) is 0 Å². The maximum absolute atomic E-state index is 11.2. The van der Waals surface area contributed by atoms with Gasteiger partial charge in [0.05, 0.1) is 7.11 Å². The van der Waals surface area contributed by atoms with Gasteiger partial charge in [-0.25, -0.2) is 0 Å². The van der Waals surface area contributed by atoms with E-state index in [4.69, 9.17) is 4.74 Å². The van der Waals surface area contributed by atoms with E-state index in [1.165, 1.54) is 16.3 Å². The van der Waals surface area contributed by atoms with Gasteiger partial charge in [-0.2, -0.15) is 0 Å². The van der Waals surface area contributed by atoms with Crippen LogP contribution in [0.5, 0.6) is 5.75 Å². The number of ether oxygens (including phenoxy) is 1. The molecule has 0 radical (unpaired) electrons. The van der Waals surface area contributed by atoms with Gasteiger partial charge < -0.3 is 10.1 Å². The summed E-state index contributed by atoms with van der Waals surface area (Å²) in [4.78, 5) is 11.2. The second-order valence-corrected chi connectivity index (χ2v) is 5.69. The number of carbonyl (C=O) groups is 1. The molecule has 0 aliphatic rings. The molecular formula is C17H21NO2. The topological polar surface area (TPSA) is 38.3 Å². The molecule has 0 unspecified atom stereocenters. The van der Waals surface area contributed by atoms with Gasteiger partial charge in [0.1, 0.15) is 5.75 Å². The Morgan fingerprint density at radius 2 is 2.00 bits per heavy atom. The second kappa shape index (κ2) is 5.53. The van der Waals surface area contributed by atoms with Crippen LogP contribution >= 0.6 is 0 Å². The molecule has 20 heavy (non-hydrogen) atoms. The largest absolute Gasteiger partial charge is 0.497 e. The summed E-state index contributed by atoms with van der Waals surface area (Å²) >= 11 is 0. The maximum Gasteiger partial charge on any atom is 0.216 e. The molecule has 0 heterocycles. The van der Waals surface area contributed by atoms with Crippen LogP contribution in [0.1, 0.15) is 26.3 Å². The van der Waals surface area contributed by atoms with Gasteiger partial charge >= 0.3 is 0 Å². The van der Waals surface area contributed by atoms with Gasteiger partial charge in [-0.3, -0.25) is 4.79 Å². The van der Waals surface area contributed by atoms with Gasteiger partial charge in [0.2, 0.25) is 5.91 Å². The predicted octanol–water partition coefficient (Wildman–Crippen LogP) is 3.26. The highest BCUT2D eigenvalue weighted by Crippen LogP contribution is 2.32. The minimum Gasteiger partial charge on any atom is -0.497 e. The van der Waals surface area contributed by atoms with Crippen LogP contribution < -0.4 is 10.1 Å². The molecule has 2 aromatic carbocycles. The highest BCUT2D eigenvalue weighted by atomic mass is 16.5. The molecule has 0 atom stereocenters. The molecule has 2 aromatic rings. The smallest absolute Gasteiger partial charge is 0.216 e. The van der Waals surface area contributed by atoms with E-state index in [-0.39, 0.29) is 11.3 Å². The summed E-state index contributed by atoms with van der Waals surface area (Å²) in [7, 11) is 1.67. The number of amides is 1. The standard InChI is InChI=1S/C17H21NO2/c1-12(19)18-11-17(2,3)16-7-5-6-13-8-9-14(20-4)10-15(13)16/h5-10H,11H2,1-4H3,(H,18,19). The average Bonchev–Trinajstić information content (AvgIpc) is 2.44. The van der Waals surface area contributed by atoms with Gasteiger partial charge in [-0.15, -0.1) is 0 Å². The Labute approximate surface area is 119 Å². The SMILES string of the molecule is COc1ccc2cccc(C(C)(C)CNC(C)=O)c2c1. The van der Waals surface area contributed by atoms with Crippen LogP contribution in [-0.4, -0.2) is 19.6 Å². The van der Waals surface area contributed by atoms with Crippen LogP contribution in [-0.2, 0) is 10.2 Å². The summed E-state index contributed by atoms with van der Waals surface area (Å²) in [6.45, 7) is 6.43. The molecule has 0 saturated carbocycles. The molecule has 0 bridgehead atoms. The van der Waals surface area contributed by atoms with E-state index < -0.39 is 0 Å². The zero-order valence-electron chi connectivity index (χ0n) is 12.5. The monoisotopic (exact) mass is 271 g/mol. The van der Waals surface area contributed by atoms with Crippen LogP contribution in [0, 0.1) is 0 Å². The van der Waals surface area contributed by atoms with Gasteiger partial charge in [0, 0.05) is 18.9 Å². The number of nitrogens with one attached hydrogen (secondary N) is 1. The number of benzene rings is 2. The van der Waals surface area contributed by atoms with Crippen LogP contribution in [0.3, 0.4) is 0 Å². The number of hydrogen-bond acceptors (Lipinski definition) is 2. The van der Waals surface area contributed by atoms with Crippen molar-refractivity contribution in [3.8, 4) is 5.75 Å². The molecule has 0 fully saturated rings. The lowest BCUT2D eigenvalue weighted by Gasteiger charge is -2.27. The van der Waals surface area contributed by atoms with Gasteiger partial charge in [-0.05, 0) is 28.5 Å². The van der Waals surface area contributed by atoms with Crippen molar-refractivity contribution in [3.63, 3.8) is 0 Å². The van der Waals surface area contributed by atoms with Gasteiger partial charge in [0.15, 0.2) is 0 Å². The average molecular weight is 271 g/mol. The highest BCUT2D eigenvalue weighted by molar-refractivity contribution is 5.88. The summed E-state index contributed by atoms with van der Waals surface area (Å²) in [5, 5.41) is 5.26. The third kappa shape index (κ3) is 2.93. The van der Waals surface area contributed by atoms with E-state index in [9.17, 15) is 4.79 Å². The Balaban J connectivity index is 2.49. The zero-order chi connectivity index (χ0) is 14.8. The van der Waals surface area contributed by atoms with E-state index in [0.29, 0.717) is 6.54 Å². The molecule has 2 rings (SSSR count). The molecule has 0 aromatic heterocycles. The number of methoxy groups -OCH3 is 1. The maximum atomic E-state index is 11.2. The van der Waals surface area contributed by atoms with Crippen molar-refractivity contribution in [1.82, 2.24) is 5.32 Å². The summed E-state index contributed by atoms with van der Waals surface area (Å²) in [6.07, 6.45) is 0. The van der Waals surface area contributed by atoms with E-state index in [2.05, 4.69) is 49.5 Å². The minimum absolute atomic E-state index is 0.00380. The van der Waals surface area contributed by atoms with Crippen LogP contribution in [0.4, 0.5) is 0 Å². The third-order valence-electron chi connectivity index (χ3n) is 3.60. The van der Waals surface area contributed by atoms with E-state index in [1.807, 2.05) is 6.07 Å². The number of fused-ring (bicyclic) bond motifs is 1. The first-order chi connectivity index (χ1) is 9.44. The molecule has 1 amide bonds. The van der Waals surface area contributed by atoms with Crippen LogP contribution in [0.25, 0.3) is 10.8 Å². The van der Waals surface area contributed by atoms with Gasteiger partial charge in [0.25, 0.3) is 0 Å². The third-order valence-corrected chi connectivity index (χ3v) is 3.60. The number of rotatable bonds is 4. The lowest BCUT2D eigenvalue weighted by molar-refractivity contribution is -0.119. The number of hydrogen-bond donors (Lipinski definition) is 1. The Morgan fingerprint density at radius 1 is 1.25 bits per heavy atom. The Kier molecular flexibility index (Phi) is 3.98. The molecule has 0 spiro atoms. The molecule has 0 aliphatic heterocycles. The summed E-state index contributed by atoms with van der Waals surface area (Å²) < 4.78 is 5.32. The lowest BCUT2D eigenvalue weighted by atomic mass is 9.81. The van der Waals surface area contributed by atoms with Crippen molar-refractivity contribution in [2.75, 3.05) is 13.7 Å². The molecule has 0 saturated heterocycles. The van der Waals surface area contributed by atoms with E-state index in [0.717, 1.165) is 5.75 Å². The van der Waals surface area contributed by atoms with Crippen molar-refractivity contribution in [2.24, 2.45) is 0 Å². The second-order valence-electron chi connectivity index (χ2n) is 5.69. The fourth-order valence-electron chi connectivity index (χ4n) is 2.41. The summed E-state index contributed by atoms with van der Waals surface area (Å²) in [5.74, 6) is 0.844.